The van der Waals surface area contributed by atoms with Crippen molar-refractivity contribution in [3.8, 4) is 0 Å². The monoisotopic (exact) mass is 230 g/mol. The summed E-state index contributed by atoms with van der Waals surface area (Å²) in [5.74, 6) is 0.923. The van der Waals surface area contributed by atoms with Gasteiger partial charge in [0, 0.05) is 6.20 Å². The lowest BCUT2D eigenvalue weighted by molar-refractivity contribution is 0.285. The van der Waals surface area contributed by atoms with Crippen LogP contribution in [0.4, 0.5) is 0 Å². The third-order valence-electron chi connectivity index (χ3n) is 3.76. The van der Waals surface area contributed by atoms with E-state index in [2.05, 4.69) is 23.2 Å². The highest BCUT2D eigenvalue weighted by atomic mass is 15.3. The Kier molecular flexibility index (Phi) is 2.40. The fraction of sp³-hybridized carbons (Fsp3) is 0.538. The SMILES string of the molecule is Cc1ccn2c(C3(N)CCCCC3)nnc2c1. The van der Waals surface area contributed by atoms with Crippen LogP contribution in [0.3, 0.4) is 0 Å². The first-order valence-corrected chi connectivity index (χ1v) is 6.30. The zero-order valence-electron chi connectivity index (χ0n) is 10.2. The van der Waals surface area contributed by atoms with Crippen molar-refractivity contribution in [2.75, 3.05) is 0 Å². The van der Waals surface area contributed by atoms with E-state index >= 15 is 0 Å². The molecule has 3 rings (SSSR count). The fourth-order valence-electron chi connectivity index (χ4n) is 2.74. The van der Waals surface area contributed by atoms with Gasteiger partial charge in [-0.25, -0.2) is 0 Å². The van der Waals surface area contributed by atoms with Crippen LogP contribution in [0.15, 0.2) is 18.3 Å². The molecule has 2 aromatic heterocycles. The van der Waals surface area contributed by atoms with Crippen LogP contribution in [-0.4, -0.2) is 14.6 Å². The van der Waals surface area contributed by atoms with Gasteiger partial charge in [0.05, 0.1) is 5.54 Å². The van der Waals surface area contributed by atoms with Crippen molar-refractivity contribution in [1.29, 1.82) is 0 Å². The van der Waals surface area contributed by atoms with Gasteiger partial charge in [-0.3, -0.25) is 4.40 Å². The number of aromatic nitrogens is 3. The largest absolute Gasteiger partial charge is 0.319 e. The predicted molar refractivity (Wildman–Crippen MR) is 66.7 cm³/mol. The van der Waals surface area contributed by atoms with Crippen molar-refractivity contribution >= 4 is 5.65 Å². The van der Waals surface area contributed by atoms with Crippen molar-refractivity contribution < 1.29 is 0 Å². The number of hydrogen-bond acceptors (Lipinski definition) is 3. The number of nitrogens with two attached hydrogens (primary N) is 1. The molecule has 0 unspecified atom stereocenters. The second-order valence-corrected chi connectivity index (χ2v) is 5.17. The van der Waals surface area contributed by atoms with E-state index < -0.39 is 0 Å². The fourth-order valence-corrected chi connectivity index (χ4v) is 2.74. The second-order valence-electron chi connectivity index (χ2n) is 5.17. The maximum Gasteiger partial charge on any atom is 0.161 e. The van der Waals surface area contributed by atoms with E-state index in [9.17, 15) is 0 Å². The summed E-state index contributed by atoms with van der Waals surface area (Å²) in [6.07, 6.45) is 7.73. The van der Waals surface area contributed by atoms with Gasteiger partial charge in [0.1, 0.15) is 0 Å². The molecule has 2 aromatic rings. The average molecular weight is 230 g/mol. The Balaban J connectivity index is 2.10. The van der Waals surface area contributed by atoms with Crippen LogP contribution >= 0.6 is 0 Å². The van der Waals surface area contributed by atoms with Gasteiger partial charge in [-0.05, 0) is 37.5 Å². The number of aryl methyl sites for hydroxylation is 1. The first-order chi connectivity index (χ1) is 8.19. The number of fused-ring (bicyclic) bond motifs is 1. The lowest BCUT2D eigenvalue weighted by Gasteiger charge is -2.31. The van der Waals surface area contributed by atoms with Crippen molar-refractivity contribution in [3.05, 3.63) is 29.7 Å². The first-order valence-electron chi connectivity index (χ1n) is 6.30. The van der Waals surface area contributed by atoms with Gasteiger partial charge in [-0.1, -0.05) is 19.3 Å². The molecule has 1 saturated carbocycles. The van der Waals surface area contributed by atoms with Crippen molar-refractivity contribution in [2.24, 2.45) is 5.73 Å². The smallest absolute Gasteiger partial charge is 0.161 e. The van der Waals surface area contributed by atoms with Gasteiger partial charge < -0.3 is 5.73 Å². The van der Waals surface area contributed by atoms with E-state index in [1.165, 1.54) is 24.8 Å². The Morgan fingerprint density at radius 2 is 2.00 bits per heavy atom. The molecule has 0 atom stereocenters. The Bertz CT molecular complexity index is 537. The topological polar surface area (TPSA) is 56.2 Å². The highest BCUT2D eigenvalue weighted by molar-refractivity contribution is 5.41. The molecule has 1 fully saturated rings. The van der Waals surface area contributed by atoms with Crippen molar-refractivity contribution in [3.63, 3.8) is 0 Å². The van der Waals surface area contributed by atoms with Gasteiger partial charge >= 0.3 is 0 Å². The summed E-state index contributed by atoms with van der Waals surface area (Å²) in [4.78, 5) is 0. The van der Waals surface area contributed by atoms with E-state index in [1.807, 2.05) is 16.7 Å². The van der Waals surface area contributed by atoms with Gasteiger partial charge in [-0.15, -0.1) is 10.2 Å². The van der Waals surface area contributed by atoms with Crippen LogP contribution in [0.5, 0.6) is 0 Å². The van der Waals surface area contributed by atoms with Gasteiger partial charge in [-0.2, -0.15) is 0 Å². The molecule has 2 N–H and O–H groups in total. The zero-order chi connectivity index (χ0) is 11.9. The minimum atomic E-state index is -0.285. The van der Waals surface area contributed by atoms with E-state index in [0.717, 1.165) is 24.3 Å². The number of pyridine rings is 1. The lowest BCUT2D eigenvalue weighted by atomic mass is 9.82. The summed E-state index contributed by atoms with van der Waals surface area (Å²) in [6, 6.07) is 4.12. The zero-order valence-corrected chi connectivity index (χ0v) is 10.2. The second kappa shape index (κ2) is 3.81. The van der Waals surface area contributed by atoms with E-state index in [4.69, 9.17) is 5.73 Å². The van der Waals surface area contributed by atoms with Crippen LogP contribution in [-0.2, 0) is 5.54 Å². The molecule has 90 valence electrons. The molecule has 2 heterocycles. The summed E-state index contributed by atoms with van der Waals surface area (Å²) in [6.45, 7) is 2.06. The molecule has 0 saturated heterocycles. The van der Waals surface area contributed by atoms with Crippen molar-refractivity contribution in [2.45, 2.75) is 44.6 Å². The average Bonchev–Trinajstić information content (AvgIpc) is 2.73. The molecule has 1 aliphatic rings. The van der Waals surface area contributed by atoms with Crippen molar-refractivity contribution in [1.82, 2.24) is 14.6 Å². The summed E-state index contributed by atoms with van der Waals surface area (Å²) in [7, 11) is 0. The Hall–Kier alpha value is -1.42. The highest BCUT2D eigenvalue weighted by Gasteiger charge is 2.33. The molecule has 4 nitrogen and oxygen atoms in total. The minimum absolute atomic E-state index is 0.285. The Morgan fingerprint density at radius 1 is 1.24 bits per heavy atom. The standard InChI is InChI=1S/C13H18N4/c1-10-5-8-17-11(9-10)15-16-12(17)13(14)6-3-2-4-7-13/h5,8-9H,2-4,6-7,14H2,1H3. The predicted octanol–water partition coefficient (Wildman–Crippen LogP) is 2.16. The highest BCUT2D eigenvalue weighted by Crippen LogP contribution is 2.33. The van der Waals surface area contributed by atoms with Crippen LogP contribution in [0, 0.1) is 6.92 Å². The van der Waals surface area contributed by atoms with Gasteiger partial charge in [0.2, 0.25) is 0 Å². The van der Waals surface area contributed by atoms with Crippen LogP contribution in [0.2, 0.25) is 0 Å². The van der Waals surface area contributed by atoms with E-state index in [0.29, 0.717) is 0 Å². The number of hydrogen-bond donors (Lipinski definition) is 1. The maximum absolute atomic E-state index is 6.51. The summed E-state index contributed by atoms with van der Waals surface area (Å²) in [5, 5.41) is 8.55. The van der Waals surface area contributed by atoms with Crippen LogP contribution in [0.1, 0.15) is 43.5 Å². The summed E-state index contributed by atoms with van der Waals surface area (Å²) < 4.78 is 2.04. The molecule has 0 amide bonds. The lowest BCUT2D eigenvalue weighted by Crippen LogP contribution is -2.40. The van der Waals surface area contributed by atoms with Gasteiger partial charge in [0.25, 0.3) is 0 Å². The van der Waals surface area contributed by atoms with Crippen LogP contribution in [0.25, 0.3) is 5.65 Å². The molecule has 0 spiro atoms. The first kappa shape index (κ1) is 10.7. The maximum atomic E-state index is 6.51. The molecular weight excluding hydrogens is 212 g/mol. The molecule has 1 aliphatic carbocycles. The minimum Gasteiger partial charge on any atom is -0.319 e. The third kappa shape index (κ3) is 1.72. The summed E-state index contributed by atoms with van der Waals surface area (Å²) >= 11 is 0. The molecule has 0 aromatic carbocycles. The third-order valence-corrected chi connectivity index (χ3v) is 3.76. The molecule has 4 heteroatoms. The molecule has 0 radical (unpaired) electrons. The van der Waals surface area contributed by atoms with Gasteiger partial charge in [0.15, 0.2) is 11.5 Å². The molecule has 17 heavy (non-hydrogen) atoms. The summed E-state index contributed by atoms with van der Waals surface area (Å²) in [5.41, 5.74) is 8.32. The Labute approximate surface area is 101 Å². The van der Waals surface area contributed by atoms with E-state index in [1.54, 1.807) is 0 Å². The molecule has 0 bridgehead atoms. The number of nitrogens with zero attached hydrogens (tertiary/aromatic N) is 3. The van der Waals surface area contributed by atoms with E-state index in [-0.39, 0.29) is 5.54 Å². The molecular formula is C13H18N4. The number of rotatable bonds is 1. The van der Waals surface area contributed by atoms with Crippen LogP contribution < -0.4 is 5.73 Å². The Morgan fingerprint density at radius 3 is 2.76 bits per heavy atom. The normalized spacial score (nSPS) is 19.6. The quantitative estimate of drug-likeness (QED) is 0.816. The molecule has 0 aliphatic heterocycles.